The van der Waals surface area contributed by atoms with Crippen molar-refractivity contribution >= 4 is 34.3 Å². The van der Waals surface area contributed by atoms with Crippen LogP contribution in [0.25, 0.3) is 22.0 Å². The van der Waals surface area contributed by atoms with Gasteiger partial charge in [-0.1, -0.05) is 17.7 Å². The highest BCUT2D eigenvalue weighted by Crippen LogP contribution is 2.56. The summed E-state index contributed by atoms with van der Waals surface area (Å²) < 4.78 is 45.5. The van der Waals surface area contributed by atoms with Gasteiger partial charge in [0.25, 0.3) is 0 Å². The maximum absolute atomic E-state index is 6.92. The van der Waals surface area contributed by atoms with E-state index in [1.165, 1.54) is 0 Å². The van der Waals surface area contributed by atoms with Crippen LogP contribution in [0.2, 0.25) is 5.02 Å². The van der Waals surface area contributed by atoms with Gasteiger partial charge in [-0.05, 0) is 17.7 Å². The molecule has 0 bridgehead atoms. The van der Waals surface area contributed by atoms with E-state index in [0.717, 1.165) is 5.39 Å². The van der Waals surface area contributed by atoms with Crippen molar-refractivity contribution in [3.05, 3.63) is 23.2 Å². The average Bonchev–Trinajstić information content (AvgIpc) is 2.95. The van der Waals surface area contributed by atoms with Crippen LogP contribution in [0.15, 0.2) is 18.2 Å². The minimum Gasteiger partial charge on any atom is -0.486 e. The first-order valence-electron chi connectivity index (χ1n) is 12.6. The smallest absolute Gasteiger partial charge is 0.222 e. The van der Waals surface area contributed by atoms with E-state index in [9.17, 15) is 0 Å². The minimum absolute atomic E-state index is 0.130. The minimum atomic E-state index is 0.130. The number of fused-ring (bicyclic) bond motifs is 1. The molecule has 3 aromatic rings. The molecule has 0 radical (unpaired) electrons. The number of nitrogen functional groups attached to an aromatic ring is 1. The third-order valence-electron chi connectivity index (χ3n) is 5.64. The van der Waals surface area contributed by atoms with Crippen molar-refractivity contribution < 1.29 is 37.9 Å². The van der Waals surface area contributed by atoms with Gasteiger partial charge in [0, 0.05) is 40.9 Å². The van der Waals surface area contributed by atoms with Crippen molar-refractivity contribution in [2.24, 2.45) is 0 Å². The molecular weight excluding hydrogens is 544 g/mol. The number of hydrogen-bond donors (Lipinski definition) is 2. The van der Waals surface area contributed by atoms with Crippen LogP contribution in [0, 0.1) is 0 Å². The van der Waals surface area contributed by atoms with Gasteiger partial charge >= 0.3 is 0 Å². The lowest BCUT2D eigenvalue weighted by Gasteiger charge is -2.24. The molecule has 0 amide bonds. The van der Waals surface area contributed by atoms with Gasteiger partial charge in [-0.2, -0.15) is 4.98 Å². The monoisotopic (exact) mass is 580 g/mol. The van der Waals surface area contributed by atoms with Gasteiger partial charge in [-0.15, -0.1) is 0 Å². The Bertz CT molecular complexity index is 1200. The summed E-state index contributed by atoms with van der Waals surface area (Å²) in [5.74, 6) is 1.97. The first-order chi connectivity index (χ1) is 19.5. The van der Waals surface area contributed by atoms with Gasteiger partial charge < -0.3 is 48.9 Å². The summed E-state index contributed by atoms with van der Waals surface area (Å²) in [6, 6.07) is 5.65. The van der Waals surface area contributed by atoms with Gasteiger partial charge in [0.1, 0.15) is 37.3 Å². The Morgan fingerprint density at radius 1 is 0.700 bits per heavy atom. The Hall–Kier alpha value is -3.29. The number of methoxy groups -OCH3 is 4. The van der Waals surface area contributed by atoms with Crippen LogP contribution in [-0.2, 0) is 18.9 Å². The van der Waals surface area contributed by atoms with Crippen LogP contribution in [0.5, 0.6) is 23.0 Å². The Morgan fingerprint density at radius 2 is 1.18 bits per heavy atom. The number of ether oxygens (including phenoxy) is 8. The molecule has 40 heavy (non-hydrogen) atoms. The summed E-state index contributed by atoms with van der Waals surface area (Å²) in [4.78, 5) is 8.73. The van der Waals surface area contributed by atoms with Gasteiger partial charge in [-0.3, -0.25) is 0 Å². The van der Waals surface area contributed by atoms with Crippen LogP contribution >= 0.6 is 11.6 Å². The van der Waals surface area contributed by atoms with Crippen LogP contribution in [0.4, 0.5) is 11.8 Å². The third-order valence-corrected chi connectivity index (χ3v) is 5.98. The van der Waals surface area contributed by atoms with Crippen molar-refractivity contribution in [3.63, 3.8) is 0 Å². The number of rotatable bonds is 18. The molecule has 0 aliphatic carbocycles. The Balaban J connectivity index is 2.34. The number of nitrogens with two attached hydrogens (primary N) is 1. The first-order valence-corrected chi connectivity index (χ1v) is 13.0. The van der Waals surface area contributed by atoms with Crippen molar-refractivity contribution in [3.8, 4) is 34.1 Å². The predicted octanol–water partition coefficient (Wildman–Crippen LogP) is 3.67. The normalized spacial score (nSPS) is 11.1. The van der Waals surface area contributed by atoms with Crippen molar-refractivity contribution in [1.29, 1.82) is 0 Å². The van der Waals surface area contributed by atoms with E-state index in [1.807, 2.05) is 18.2 Å². The SMILES string of the molecule is CNc1nc(N)nc2cc(-c3c(OCCOC)c(OCCOC)c(Cl)c(OCCOC)c3OCCOC)ccc12. The number of halogens is 1. The Morgan fingerprint density at radius 3 is 1.62 bits per heavy atom. The molecule has 1 heterocycles. The number of anilines is 2. The Labute approximate surface area is 238 Å². The topological polar surface area (TPSA) is 138 Å². The molecule has 0 fully saturated rings. The standard InChI is InChI=1S/C27H37ClN4O8/c1-30-26-18-7-6-17(16-19(18)31-27(29)32-26)20-22(37-12-8-33-2)24(39-14-10-35-4)21(28)25(40-15-11-36-5)23(20)38-13-9-34-3/h6-7,16H,8-15H2,1-5H3,(H3,29,30,31,32). The molecule has 13 heteroatoms. The number of aromatic nitrogens is 2. The number of hydrogen-bond acceptors (Lipinski definition) is 12. The van der Waals surface area contributed by atoms with Gasteiger partial charge in [0.05, 0.1) is 37.5 Å². The molecule has 220 valence electrons. The second-order valence-electron chi connectivity index (χ2n) is 8.28. The molecule has 0 saturated heterocycles. The highest BCUT2D eigenvalue weighted by atomic mass is 35.5. The molecule has 0 spiro atoms. The quantitative estimate of drug-likeness (QED) is 0.212. The van der Waals surface area contributed by atoms with Gasteiger partial charge in [0.15, 0.2) is 23.0 Å². The highest BCUT2D eigenvalue weighted by Gasteiger charge is 2.30. The highest BCUT2D eigenvalue weighted by molar-refractivity contribution is 6.34. The molecular formula is C27H37ClN4O8. The number of nitrogens with zero attached hydrogens (tertiary/aromatic N) is 2. The summed E-state index contributed by atoms with van der Waals surface area (Å²) >= 11 is 6.92. The third kappa shape index (κ3) is 7.67. The second kappa shape index (κ2) is 16.1. The zero-order chi connectivity index (χ0) is 28.9. The zero-order valence-electron chi connectivity index (χ0n) is 23.5. The van der Waals surface area contributed by atoms with E-state index >= 15 is 0 Å². The lowest BCUT2D eigenvalue weighted by molar-refractivity contribution is 0.126. The Kier molecular flexibility index (Phi) is 12.6. The molecule has 3 N–H and O–H groups in total. The fraction of sp³-hybridized carbons (Fsp3) is 0.481. The molecule has 0 aliphatic rings. The largest absolute Gasteiger partial charge is 0.486 e. The van der Waals surface area contributed by atoms with E-state index in [0.29, 0.717) is 60.4 Å². The molecule has 0 aliphatic heterocycles. The average molecular weight is 581 g/mol. The number of benzene rings is 2. The van der Waals surface area contributed by atoms with Crippen LogP contribution in [0.1, 0.15) is 0 Å². The fourth-order valence-electron chi connectivity index (χ4n) is 3.83. The van der Waals surface area contributed by atoms with Gasteiger partial charge in [0.2, 0.25) is 5.95 Å². The zero-order valence-corrected chi connectivity index (χ0v) is 24.3. The maximum atomic E-state index is 6.92. The molecule has 0 saturated carbocycles. The van der Waals surface area contributed by atoms with Crippen LogP contribution in [0.3, 0.4) is 0 Å². The van der Waals surface area contributed by atoms with Crippen LogP contribution in [-0.4, -0.2) is 98.3 Å². The summed E-state index contributed by atoms with van der Waals surface area (Å²) in [6.45, 7) is 2.17. The van der Waals surface area contributed by atoms with Crippen LogP contribution < -0.4 is 30.0 Å². The predicted molar refractivity (Wildman–Crippen MR) is 153 cm³/mol. The molecule has 12 nitrogen and oxygen atoms in total. The van der Waals surface area contributed by atoms with Crippen molar-refractivity contribution in [2.45, 2.75) is 0 Å². The molecule has 0 unspecified atom stereocenters. The summed E-state index contributed by atoms with van der Waals surface area (Å²) in [7, 11) is 8.12. The molecule has 2 aromatic carbocycles. The van der Waals surface area contributed by atoms with E-state index in [1.54, 1.807) is 35.5 Å². The lowest BCUT2D eigenvalue weighted by Crippen LogP contribution is -2.14. The first kappa shape index (κ1) is 31.2. The molecule has 1 aromatic heterocycles. The number of nitrogens with one attached hydrogen (secondary N) is 1. The van der Waals surface area contributed by atoms with Crippen molar-refractivity contribution in [2.75, 3.05) is 99.4 Å². The van der Waals surface area contributed by atoms with E-state index in [2.05, 4.69) is 15.3 Å². The van der Waals surface area contributed by atoms with E-state index in [4.69, 9.17) is 55.2 Å². The van der Waals surface area contributed by atoms with Gasteiger partial charge in [-0.25, -0.2) is 4.98 Å². The van der Waals surface area contributed by atoms with Crippen molar-refractivity contribution in [1.82, 2.24) is 9.97 Å². The second-order valence-corrected chi connectivity index (χ2v) is 8.66. The molecule has 0 atom stereocenters. The summed E-state index contributed by atoms with van der Waals surface area (Å²) in [5.41, 5.74) is 7.84. The van der Waals surface area contributed by atoms with E-state index in [-0.39, 0.29) is 48.9 Å². The lowest BCUT2D eigenvalue weighted by atomic mass is 10.00. The fourth-order valence-corrected chi connectivity index (χ4v) is 4.11. The maximum Gasteiger partial charge on any atom is 0.222 e. The summed E-state index contributed by atoms with van der Waals surface area (Å²) in [6.07, 6.45) is 0. The molecule has 3 rings (SSSR count). The summed E-state index contributed by atoms with van der Waals surface area (Å²) in [5, 5.41) is 4.02. The van der Waals surface area contributed by atoms with E-state index < -0.39 is 0 Å².